The van der Waals surface area contributed by atoms with Crippen LogP contribution in [0.25, 0.3) is 99.5 Å². The molecule has 0 fully saturated rings. The second-order valence-electron chi connectivity index (χ2n) is 22.0. The third kappa shape index (κ3) is 19.8. The molecule has 0 spiro atoms. The smallest absolute Gasteiger partial charge is 0.0541 e. The highest BCUT2D eigenvalue weighted by atomic mass is 15.0. The average Bonchev–Trinajstić information content (AvgIpc) is 1.59. The van der Waals surface area contributed by atoms with Gasteiger partial charge in [0.25, 0.3) is 0 Å². The molecule has 16 rings (SSSR count). The van der Waals surface area contributed by atoms with Crippen LogP contribution in [0.2, 0.25) is 0 Å². The van der Waals surface area contributed by atoms with Crippen molar-refractivity contribution in [1.29, 1.82) is 0 Å². The van der Waals surface area contributed by atoms with E-state index < -0.39 is 0 Å². The minimum Gasteiger partial charge on any atom is -0.309 e. The van der Waals surface area contributed by atoms with Gasteiger partial charge in [0.15, 0.2) is 0 Å². The summed E-state index contributed by atoms with van der Waals surface area (Å²) in [7, 11) is 0. The first kappa shape index (κ1) is 81.7. The summed E-state index contributed by atoms with van der Waals surface area (Å²) in [5.41, 5.74) is 30.4. The van der Waals surface area contributed by atoms with Gasteiger partial charge in [-0.05, 0) is 164 Å². The first-order chi connectivity index (χ1) is 48.7. The van der Waals surface area contributed by atoms with E-state index in [0.717, 1.165) is 12.8 Å². The van der Waals surface area contributed by atoms with Crippen molar-refractivity contribution in [3.63, 3.8) is 0 Å². The maximum Gasteiger partial charge on any atom is 0.0541 e. The van der Waals surface area contributed by atoms with Gasteiger partial charge in [-0.15, -0.1) is 0 Å². The second kappa shape index (κ2) is 43.5. The van der Waals surface area contributed by atoms with E-state index in [4.69, 9.17) is 0 Å². The summed E-state index contributed by atoms with van der Waals surface area (Å²) in [5, 5.41) is 5.27. The Kier molecular flexibility index (Phi) is 35.9. The number of aryl methyl sites for hydroxylation is 5. The van der Waals surface area contributed by atoms with Crippen molar-refractivity contribution in [1.82, 2.24) is 9.13 Å². The number of benzene rings is 12. The fourth-order valence-corrected chi connectivity index (χ4v) is 12.4. The van der Waals surface area contributed by atoms with Crippen LogP contribution in [0.3, 0.4) is 0 Å². The summed E-state index contributed by atoms with van der Waals surface area (Å²) in [5.74, 6) is 0. The molecule has 2 aliphatic rings. The van der Waals surface area contributed by atoms with Crippen molar-refractivity contribution in [3.8, 4) is 55.9 Å². The molecule has 0 aliphatic heterocycles. The van der Waals surface area contributed by atoms with Crippen molar-refractivity contribution in [2.75, 3.05) is 0 Å². The van der Waals surface area contributed by atoms with Gasteiger partial charge in [0.1, 0.15) is 0 Å². The summed E-state index contributed by atoms with van der Waals surface area (Å²) < 4.78 is 4.82. The maximum atomic E-state index is 2.42. The molecule has 12 aromatic carbocycles. The number of aromatic nitrogens is 2. The van der Waals surface area contributed by atoms with E-state index in [1.54, 1.807) is 0 Å². The number of nitrogens with zero attached hydrogens (tertiary/aromatic N) is 2. The molecular weight excluding hydrogens is 1190 g/mol. The van der Waals surface area contributed by atoms with E-state index in [2.05, 4.69) is 317 Å². The minimum absolute atomic E-state index is 1.10. The predicted octanol–water partition coefficient (Wildman–Crippen LogP) is 30.2. The first-order valence-electron chi connectivity index (χ1n) is 37.4. The molecule has 2 nitrogen and oxygen atoms in total. The summed E-state index contributed by atoms with van der Waals surface area (Å²) in [6, 6.07) is 98.5. The van der Waals surface area contributed by atoms with Gasteiger partial charge in [-0.1, -0.05) is 365 Å². The van der Waals surface area contributed by atoms with E-state index in [1.165, 1.54) is 150 Å². The Morgan fingerprint density at radius 2 is 0.404 bits per heavy atom. The largest absolute Gasteiger partial charge is 0.309 e. The molecule has 0 N–H and O–H groups in total. The van der Waals surface area contributed by atoms with Crippen LogP contribution in [-0.2, 0) is 12.8 Å². The molecule has 2 heteroatoms. The van der Waals surface area contributed by atoms with Crippen molar-refractivity contribution >= 4 is 43.6 Å². The zero-order chi connectivity index (χ0) is 73.0. The van der Waals surface area contributed by atoms with Crippen LogP contribution in [0.15, 0.2) is 273 Å². The zero-order valence-corrected chi connectivity index (χ0v) is 64.8. The number of hydrogen-bond acceptors (Lipinski definition) is 0. The fraction of sp³-hybridized carbons (Fsp3) is 0.258. The number of fused-ring (bicyclic) bond motifs is 12. The van der Waals surface area contributed by atoms with Gasteiger partial charge in [-0.3, -0.25) is 0 Å². The average molecular weight is 1310 g/mol. The molecule has 0 unspecified atom stereocenters. The summed E-state index contributed by atoms with van der Waals surface area (Å²) >= 11 is 0. The number of hydrogen-bond donors (Lipinski definition) is 0. The molecule has 14 aromatic rings. The highest BCUT2D eigenvalue weighted by Crippen LogP contribution is 2.41. The molecular formula is C97H118N2. The SMILES string of the molecule is CC.CC.CC.CC.CC.CC.CC.CC.CC.Cc1ccc(-c2ccccc2-n2c3ccc(C)cc3c3cc(C)ccc32)cc1.Cc1ccc2c(c1)c1cc(C)ccc1n2-c1ccccc1-c1ccccc1.c1ccc2c(c1)Cc1ccccc1-2.c1ccc2c(c1)Cc1ccccc1-2. The van der Waals surface area contributed by atoms with Crippen LogP contribution in [0.4, 0.5) is 0 Å². The minimum atomic E-state index is 1.10. The molecule has 2 aromatic heterocycles. The lowest BCUT2D eigenvalue weighted by molar-refractivity contribution is 1.18. The normalized spacial score (nSPS) is 10.1. The van der Waals surface area contributed by atoms with Gasteiger partial charge in [-0.2, -0.15) is 0 Å². The van der Waals surface area contributed by atoms with Gasteiger partial charge in [0, 0.05) is 32.7 Å². The Morgan fingerprint density at radius 3 is 0.677 bits per heavy atom. The Morgan fingerprint density at radius 1 is 0.192 bits per heavy atom. The van der Waals surface area contributed by atoms with Crippen molar-refractivity contribution < 1.29 is 0 Å². The highest BCUT2D eigenvalue weighted by Gasteiger charge is 2.20. The van der Waals surface area contributed by atoms with Gasteiger partial charge in [0.2, 0.25) is 0 Å². The molecule has 0 bridgehead atoms. The van der Waals surface area contributed by atoms with Gasteiger partial charge >= 0.3 is 0 Å². The Hall–Kier alpha value is -9.76. The topological polar surface area (TPSA) is 9.86 Å². The molecule has 99 heavy (non-hydrogen) atoms. The van der Waals surface area contributed by atoms with Gasteiger partial charge in [-0.25, -0.2) is 0 Å². The number of rotatable bonds is 4. The van der Waals surface area contributed by atoms with Crippen LogP contribution < -0.4 is 0 Å². The van der Waals surface area contributed by atoms with E-state index in [-0.39, 0.29) is 0 Å². The quantitative estimate of drug-likeness (QED) is 0.166. The second-order valence-corrected chi connectivity index (χ2v) is 22.0. The summed E-state index contributed by atoms with van der Waals surface area (Å²) in [6.07, 6.45) is 2.21. The van der Waals surface area contributed by atoms with E-state index >= 15 is 0 Å². The van der Waals surface area contributed by atoms with Crippen LogP contribution in [0, 0.1) is 34.6 Å². The van der Waals surface area contributed by atoms with Gasteiger partial charge < -0.3 is 9.13 Å². The molecule has 0 saturated carbocycles. The van der Waals surface area contributed by atoms with Crippen LogP contribution in [0.1, 0.15) is 175 Å². The molecule has 0 radical (unpaired) electrons. The Bertz CT molecular complexity index is 4330. The molecule has 2 heterocycles. The predicted molar refractivity (Wildman–Crippen MR) is 448 cm³/mol. The Labute approximate surface area is 600 Å². The van der Waals surface area contributed by atoms with Crippen molar-refractivity contribution in [2.45, 2.75) is 172 Å². The van der Waals surface area contributed by atoms with Crippen molar-refractivity contribution in [3.05, 3.63) is 323 Å². The third-order valence-corrected chi connectivity index (χ3v) is 16.3. The summed E-state index contributed by atoms with van der Waals surface area (Å²) in [4.78, 5) is 0. The number of para-hydroxylation sites is 2. The zero-order valence-electron chi connectivity index (χ0n) is 64.8. The van der Waals surface area contributed by atoms with Crippen LogP contribution >= 0.6 is 0 Å². The molecule has 516 valence electrons. The fourth-order valence-electron chi connectivity index (χ4n) is 12.4. The van der Waals surface area contributed by atoms with Crippen LogP contribution in [0.5, 0.6) is 0 Å². The molecule has 0 amide bonds. The Balaban J connectivity index is 0.000000270. The monoisotopic (exact) mass is 1310 g/mol. The highest BCUT2D eigenvalue weighted by molar-refractivity contribution is 6.11. The standard InChI is InChI=1S/C27H23N.C26H21N.2C13H10.9C2H6/c1-18-8-12-21(13-9-18)22-6-4-5-7-25(22)28-26-14-10-19(2)16-23(26)24-17-20(3)11-15-27(24)28;1-18-12-14-25-22(16-18)23-17-19(2)13-15-26(23)27(25)24-11-7-6-10-21(24)20-8-4-3-5-9-20;2*1-3-7-12-10(5-1)9-11-6-2-4-8-13(11)12;9*1-2/h4-17H,1-3H3;3-17H,1-2H3;2*1-8H,9H2;9*1-2H3. The van der Waals surface area contributed by atoms with E-state index in [9.17, 15) is 0 Å². The summed E-state index contributed by atoms with van der Waals surface area (Å²) in [6.45, 7) is 46.8. The molecule has 0 atom stereocenters. The van der Waals surface area contributed by atoms with Crippen LogP contribution in [-0.4, -0.2) is 9.13 Å². The maximum absolute atomic E-state index is 2.42. The third-order valence-electron chi connectivity index (χ3n) is 16.3. The molecule has 2 aliphatic carbocycles. The lowest BCUT2D eigenvalue weighted by Crippen LogP contribution is -1.97. The van der Waals surface area contributed by atoms with E-state index in [1.807, 2.05) is 125 Å². The van der Waals surface area contributed by atoms with Crippen molar-refractivity contribution in [2.24, 2.45) is 0 Å². The van der Waals surface area contributed by atoms with Gasteiger partial charge in [0.05, 0.1) is 33.4 Å². The lowest BCUT2D eigenvalue weighted by atomic mass is 10.0. The molecule has 0 saturated heterocycles. The lowest BCUT2D eigenvalue weighted by Gasteiger charge is -2.14. The first-order valence-corrected chi connectivity index (χ1v) is 37.4. The van der Waals surface area contributed by atoms with E-state index in [0.29, 0.717) is 0 Å².